The van der Waals surface area contributed by atoms with E-state index in [2.05, 4.69) is 25.8 Å². The van der Waals surface area contributed by atoms with Crippen molar-refractivity contribution in [3.05, 3.63) is 125 Å². The van der Waals surface area contributed by atoms with Gasteiger partial charge in [0.2, 0.25) is 5.91 Å². The van der Waals surface area contributed by atoms with Crippen molar-refractivity contribution in [2.45, 2.75) is 77.0 Å². The fourth-order valence-electron chi connectivity index (χ4n) is 8.05. The van der Waals surface area contributed by atoms with Gasteiger partial charge in [0.15, 0.2) is 23.2 Å². The molecule has 318 valence electrons. The Labute approximate surface area is 356 Å². The highest BCUT2D eigenvalue weighted by atomic mass is 32.2. The van der Waals surface area contributed by atoms with Gasteiger partial charge in [0.05, 0.1) is 28.9 Å². The lowest BCUT2D eigenvalue weighted by Crippen LogP contribution is -2.37. The first-order valence-electron chi connectivity index (χ1n) is 20.4. The number of carbonyl (C=O) groups is 2. The van der Waals surface area contributed by atoms with Crippen LogP contribution in [-0.2, 0) is 43.2 Å². The van der Waals surface area contributed by atoms with Crippen LogP contribution in [-0.4, -0.2) is 69.1 Å². The van der Waals surface area contributed by atoms with Gasteiger partial charge in [-0.1, -0.05) is 68.7 Å². The van der Waals surface area contributed by atoms with E-state index in [1.165, 1.54) is 30.6 Å². The molecule has 1 aliphatic rings. The highest BCUT2D eigenvalue weighted by Crippen LogP contribution is 2.40. The number of fused-ring (bicyclic) bond motifs is 8. The molecule has 0 N–H and O–H groups in total. The molecule has 1 amide bonds. The number of hydrogen-bond acceptors (Lipinski definition) is 9. The van der Waals surface area contributed by atoms with Gasteiger partial charge in [-0.15, -0.1) is 0 Å². The van der Waals surface area contributed by atoms with E-state index in [9.17, 15) is 18.0 Å². The van der Waals surface area contributed by atoms with Gasteiger partial charge in [-0.05, 0) is 80.5 Å². The first-order valence-corrected chi connectivity index (χ1v) is 21.8. The molecule has 0 fully saturated rings. The third-order valence-corrected chi connectivity index (χ3v) is 13.1. The molecular formula is C47H51FN6O6S. The topological polar surface area (TPSA) is 139 Å². The second kappa shape index (κ2) is 17.1. The van der Waals surface area contributed by atoms with E-state index < -0.39 is 27.2 Å². The van der Waals surface area contributed by atoms with Crippen LogP contribution < -0.4 is 4.74 Å². The Hall–Kier alpha value is -6.15. The number of pyridine rings is 1. The number of halogens is 1. The summed E-state index contributed by atoms with van der Waals surface area (Å²) in [6, 6.07) is 20.3. The number of esters is 1. The highest BCUT2D eigenvalue weighted by Gasteiger charge is 2.35. The summed E-state index contributed by atoms with van der Waals surface area (Å²) in [6.45, 7) is 10.7. The summed E-state index contributed by atoms with van der Waals surface area (Å²) in [5, 5.41) is 5.32. The number of nitrogens with zero attached hydrogens (tertiary/aromatic N) is 6. The van der Waals surface area contributed by atoms with Crippen molar-refractivity contribution < 1.29 is 31.9 Å². The second-order valence-corrected chi connectivity index (χ2v) is 18.5. The number of likely N-dealkylation sites (N-methyl/N-ethyl adjacent to an activating group) is 1. The molecule has 0 saturated heterocycles. The predicted molar refractivity (Wildman–Crippen MR) is 232 cm³/mol. The average Bonchev–Trinajstić information content (AvgIpc) is 3.84. The molecular weight excluding hydrogens is 796 g/mol. The first kappa shape index (κ1) is 43.0. The van der Waals surface area contributed by atoms with E-state index in [1.54, 1.807) is 67.0 Å². The zero-order chi connectivity index (χ0) is 43.7. The molecule has 0 unspecified atom stereocenters. The van der Waals surface area contributed by atoms with Crippen LogP contribution in [0.5, 0.6) is 11.5 Å². The Balaban J connectivity index is 1.34. The number of ether oxygens (including phenoxy) is 2. The summed E-state index contributed by atoms with van der Waals surface area (Å²) in [5.74, 6) is -0.465. The molecule has 0 saturated carbocycles. The fourth-order valence-corrected chi connectivity index (χ4v) is 9.39. The van der Waals surface area contributed by atoms with E-state index in [0.717, 1.165) is 46.0 Å². The minimum Gasteiger partial charge on any atom is -0.463 e. The maximum Gasteiger partial charge on any atom is 0.330 e. The standard InChI is InChI=1S/C47H51FN6O6S/c1-8-59-42(56)19-16-32-12-11-13-33(26-32)47(5)23-10-9-22-46(3,4)30-52(6)41(55)28-37-36-21-25-54(61(57,58)35-17-14-31(2)15-18-35)40(36)29-38(48)43(37)60-34-20-24-49-39(27-34)44-50-45(47)51-53(44)7/h11-21,24-27,29H,8-10,22-23,28,30H2,1-7H3/b19-16+/t47-/m1/s1. The van der Waals surface area contributed by atoms with Crippen LogP contribution in [0.1, 0.15) is 81.5 Å². The molecule has 12 nitrogen and oxygen atoms in total. The lowest BCUT2D eigenvalue weighted by atomic mass is 9.76. The number of amides is 1. The van der Waals surface area contributed by atoms with Crippen molar-refractivity contribution >= 4 is 38.9 Å². The smallest absolute Gasteiger partial charge is 0.330 e. The number of carbonyl (C=O) groups excluding carboxylic acids is 2. The lowest BCUT2D eigenvalue weighted by molar-refractivity contribution is -0.137. The van der Waals surface area contributed by atoms with Crippen molar-refractivity contribution in [2.75, 3.05) is 20.2 Å². The van der Waals surface area contributed by atoms with Gasteiger partial charge in [-0.3, -0.25) is 9.78 Å². The molecule has 14 heteroatoms. The van der Waals surface area contributed by atoms with Crippen molar-refractivity contribution in [1.29, 1.82) is 0 Å². The number of hydrogen-bond donors (Lipinski definition) is 0. The fraction of sp³-hybridized carbons (Fsp3) is 0.340. The van der Waals surface area contributed by atoms with Crippen LogP contribution in [0.3, 0.4) is 0 Å². The van der Waals surface area contributed by atoms with Crippen molar-refractivity contribution in [2.24, 2.45) is 12.5 Å². The van der Waals surface area contributed by atoms with E-state index in [-0.39, 0.29) is 51.8 Å². The van der Waals surface area contributed by atoms with Gasteiger partial charge in [0.1, 0.15) is 11.4 Å². The van der Waals surface area contributed by atoms with Gasteiger partial charge in [-0.25, -0.2) is 31.2 Å². The lowest BCUT2D eigenvalue weighted by Gasteiger charge is -2.32. The third kappa shape index (κ3) is 9.00. The molecule has 3 aromatic carbocycles. The molecule has 6 aromatic rings. The zero-order valence-electron chi connectivity index (χ0n) is 35.6. The number of aromatic nitrogens is 5. The van der Waals surface area contributed by atoms with Crippen LogP contribution in [0.2, 0.25) is 0 Å². The van der Waals surface area contributed by atoms with Crippen LogP contribution in [0, 0.1) is 18.2 Å². The summed E-state index contributed by atoms with van der Waals surface area (Å²) in [6.07, 6.45) is 8.99. The third-order valence-electron chi connectivity index (χ3n) is 11.4. The molecule has 61 heavy (non-hydrogen) atoms. The monoisotopic (exact) mass is 846 g/mol. The van der Waals surface area contributed by atoms with Gasteiger partial charge >= 0.3 is 5.97 Å². The molecule has 7 rings (SSSR count). The van der Waals surface area contributed by atoms with Gasteiger partial charge in [0.25, 0.3) is 10.0 Å². The minimum atomic E-state index is -4.12. The van der Waals surface area contributed by atoms with Crippen LogP contribution in [0.4, 0.5) is 4.39 Å². The zero-order valence-corrected chi connectivity index (χ0v) is 36.4. The Bertz CT molecular complexity index is 2760. The molecule has 0 aliphatic carbocycles. The maximum absolute atomic E-state index is 16.6. The molecule has 3 aromatic heterocycles. The summed E-state index contributed by atoms with van der Waals surface area (Å²) in [4.78, 5) is 37.7. The summed E-state index contributed by atoms with van der Waals surface area (Å²) < 4.78 is 58.5. The van der Waals surface area contributed by atoms with Crippen LogP contribution in [0.15, 0.2) is 96.2 Å². The number of rotatable bonds is 6. The predicted octanol–water partition coefficient (Wildman–Crippen LogP) is 8.79. The van der Waals surface area contributed by atoms with E-state index in [4.69, 9.17) is 19.6 Å². The molecule has 1 aliphatic heterocycles. The van der Waals surface area contributed by atoms with Crippen molar-refractivity contribution in [3.8, 4) is 23.0 Å². The quantitative estimate of drug-likeness (QED) is 0.119. The van der Waals surface area contributed by atoms with Crippen molar-refractivity contribution in [3.63, 3.8) is 0 Å². The highest BCUT2D eigenvalue weighted by molar-refractivity contribution is 7.90. The molecule has 4 heterocycles. The van der Waals surface area contributed by atoms with Crippen LogP contribution >= 0.6 is 0 Å². The first-order chi connectivity index (χ1) is 29.0. The Morgan fingerprint density at radius 3 is 2.51 bits per heavy atom. The Kier molecular flexibility index (Phi) is 12.0. The molecule has 0 radical (unpaired) electrons. The molecule has 1 atom stereocenters. The molecule has 4 bridgehead atoms. The number of aryl methyl sites for hydroxylation is 2. The summed E-state index contributed by atoms with van der Waals surface area (Å²) >= 11 is 0. The van der Waals surface area contributed by atoms with Gasteiger partial charge in [-0.2, -0.15) is 5.10 Å². The SMILES string of the molecule is CCOC(=O)/C=C/c1cccc([C@@]2(C)CCCCC(C)(C)CN(C)C(=O)Cc3c(c(F)cc4c3ccn4S(=O)(=O)c3ccc(C)cc3)Oc3ccnc(c3)-c3nc2nn3C)c1. The van der Waals surface area contributed by atoms with Gasteiger partial charge in [0, 0.05) is 62.2 Å². The summed E-state index contributed by atoms with van der Waals surface area (Å²) in [5.41, 5.74) is 2.46. The summed E-state index contributed by atoms with van der Waals surface area (Å²) in [7, 11) is -0.599. The van der Waals surface area contributed by atoms with E-state index >= 15 is 4.39 Å². The Morgan fingerprint density at radius 1 is 1.00 bits per heavy atom. The van der Waals surface area contributed by atoms with Gasteiger partial charge < -0.3 is 14.4 Å². The van der Waals surface area contributed by atoms with E-state index in [1.807, 2.05) is 31.2 Å². The molecule has 0 spiro atoms. The largest absolute Gasteiger partial charge is 0.463 e. The minimum absolute atomic E-state index is 0.0492. The normalized spacial score (nSPS) is 17.6. The number of benzene rings is 3. The second-order valence-electron chi connectivity index (χ2n) is 16.7. The van der Waals surface area contributed by atoms with Crippen molar-refractivity contribution in [1.82, 2.24) is 28.6 Å². The Morgan fingerprint density at radius 2 is 1.75 bits per heavy atom. The maximum atomic E-state index is 16.6. The van der Waals surface area contributed by atoms with Crippen LogP contribution in [0.25, 0.3) is 28.5 Å². The average molecular weight is 847 g/mol. The van der Waals surface area contributed by atoms with E-state index in [0.29, 0.717) is 35.7 Å².